The van der Waals surface area contributed by atoms with Crippen LogP contribution < -0.4 is 0 Å². The summed E-state index contributed by atoms with van der Waals surface area (Å²) in [5.41, 5.74) is 4.54. The van der Waals surface area contributed by atoms with E-state index in [0.29, 0.717) is 0 Å². The van der Waals surface area contributed by atoms with E-state index in [1.54, 1.807) is 11.3 Å². The molecule has 0 bridgehead atoms. The minimum atomic E-state index is 0.751. The van der Waals surface area contributed by atoms with Crippen LogP contribution in [0.25, 0.3) is 10.9 Å². The number of fused-ring (bicyclic) bond motifs is 3. The van der Waals surface area contributed by atoms with Gasteiger partial charge in [0, 0.05) is 0 Å². The third-order valence-corrected chi connectivity index (χ3v) is 6.70. The van der Waals surface area contributed by atoms with Crippen LogP contribution in [0.3, 0.4) is 0 Å². The first-order valence-corrected chi connectivity index (χ1v) is 8.75. The number of aromatic nitrogens is 1. The Bertz CT molecular complexity index is 472. The molecule has 1 aromatic carbocycles. The minimum absolute atomic E-state index is 0.751. The van der Waals surface area contributed by atoms with Gasteiger partial charge in [0.1, 0.15) is 0 Å². The molecule has 3 rings (SSSR count). The molecule has 1 N–H and O–H groups in total. The van der Waals surface area contributed by atoms with E-state index in [2.05, 4.69) is 29.2 Å². The number of hydrogen-bond acceptors (Lipinski definition) is 0. The van der Waals surface area contributed by atoms with Gasteiger partial charge in [-0.25, -0.2) is 0 Å². The number of aryl methyl sites for hydroxylation is 1. The van der Waals surface area contributed by atoms with Crippen molar-refractivity contribution in [2.75, 3.05) is 0 Å². The molecule has 1 unspecified atom stereocenters. The average Bonchev–Trinajstić information content (AvgIpc) is 2.59. The summed E-state index contributed by atoms with van der Waals surface area (Å²) in [6.07, 6.45) is 4.11. The van der Waals surface area contributed by atoms with Gasteiger partial charge in [0.05, 0.1) is 0 Å². The summed E-state index contributed by atoms with van der Waals surface area (Å²) >= 11 is 0.751. The van der Waals surface area contributed by atoms with Gasteiger partial charge in [-0.1, -0.05) is 0 Å². The molecule has 1 aliphatic rings. The molecule has 2 aromatic rings. The van der Waals surface area contributed by atoms with Crippen LogP contribution in [0.15, 0.2) is 24.3 Å². The molecule has 2 heteroatoms. The fourth-order valence-corrected chi connectivity index (χ4v) is 5.21. The van der Waals surface area contributed by atoms with Crippen molar-refractivity contribution in [2.24, 2.45) is 0 Å². The second kappa shape index (κ2) is 3.34. The molecule has 1 aliphatic carbocycles. The average molecular weight is 287 g/mol. The van der Waals surface area contributed by atoms with Crippen molar-refractivity contribution in [1.29, 1.82) is 0 Å². The molecule has 1 atom stereocenters. The van der Waals surface area contributed by atoms with Crippen LogP contribution in [0.2, 0.25) is 0 Å². The standard InChI is InChI=1S/C12H12N.In.2H/c1-3-7-11-9(5-1)10-6-2-4-8-12(10)13-11;;;/h1,3,5,7-8,13H,2,4,6H2;;;. The van der Waals surface area contributed by atoms with Gasteiger partial charge >= 0.3 is 98.7 Å². The van der Waals surface area contributed by atoms with Crippen LogP contribution in [-0.2, 0) is 6.42 Å². The van der Waals surface area contributed by atoms with E-state index in [0.717, 1.165) is 28.0 Å². The number of aromatic amines is 1. The van der Waals surface area contributed by atoms with Crippen molar-refractivity contribution in [3.8, 4) is 0 Å². The Morgan fingerprint density at radius 2 is 2.14 bits per heavy atom. The second-order valence-electron chi connectivity index (χ2n) is 4.36. The Morgan fingerprint density at radius 1 is 1.29 bits per heavy atom. The van der Waals surface area contributed by atoms with Crippen molar-refractivity contribution < 1.29 is 0 Å². The monoisotopic (exact) mass is 287 g/mol. The normalized spacial score (nSPS) is 21.0. The molecule has 14 heavy (non-hydrogen) atoms. The number of H-pyrrole nitrogens is 1. The molecule has 70 valence electrons. The Labute approximate surface area is 98.5 Å². The van der Waals surface area contributed by atoms with Crippen LogP contribution in [-0.4, -0.2) is 29.4 Å². The Kier molecular flexibility index (Phi) is 2.12. The number of benzene rings is 1. The number of nitrogens with one attached hydrogen (secondary N) is 1. The van der Waals surface area contributed by atoms with Crippen LogP contribution in [0.5, 0.6) is 0 Å². The third-order valence-electron chi connectivity index (χ3n) is 3.40. The molecule has 0 saturated heterocycles. The number of hydrogen-bond donors (Lipinski definition) is 1. The third kappa shape index (κ3) is 1.23. The predicted octanol–water partition coefficient (Wildman–Crippen LogP) is 2.18. The van der Waals surface area contributed by atoms with Crippen LogP contribution in [0, 0.1) is 0 Å². The van der Waals surface area contributed by atoms with Gasteiger partial charge in [-0.15, -0.1) is 0 Å². The van der Waals surface area contributed by atoms with Gasteiger partial charge in [0.15, 0.2) is 0 Å². The zero-order valence-corrected chi connectivity index (χ0v) is 14.2. The molecule has 0 fully saturated rings. The van der Waals surface area contributed by atoms with Crippen LogP contribution >= 0.6 is 0 Å². The van der Waals surface area contributed by atoms with E-state index in [1.807, 2.05) is 0 Å². The topological polar surface area (TPSA) is 15.8 Å². The summed E-state index contributed by atoms with van der Waals surface area (Å²) in [5.74, 6) is 0. The summed E-state index contributed by atoms with van der Waals surface area (Å²) in [6, 6.07) is 8.74. The van der Waals surface area contributed by atoms with Gasteiger partial charge in [0.2, 0.25) is 0 Å². The van der Waals surface area contributed by atoms with E-state index in [9.17, 15) is 0 Å². The van der Waals surface area contributed by atoms with Crippen molar-refractivity contribution in [2.45, 2.75) is 22.9 Å². The zero-order chi connectivity index (χ0) is 9.54. The SMILES string of the molecule is [InH2][CH]1CCCc2c1[nH]c1ccccc21. The zero-order valence-electron chi connectivity index (χ0n) is 8.51. The van der Waals surface area contributed by atoms with Crippen LogP contribution in [0.4, 0.5) is 0 Å². The fourth-order valence-electron chi connectivity index (χ4n) is 2.64. The summed E-state index contributed by atoms with van der Waals surface area (Å²) in [4.78, 5) is 3.62. The first-order chi connectivity index (χ1) is 6.86. The molecule has 0 radical (unpaired) electrons. The van der Waals surface area contributed by atoms with E-state index in [-0.39, 0.29) is 0 Å². The quantitative estimate of drug-likeness (QED) is 0.764. The Morgan fingerprint density at radius 3 is 3.07 bits per heavy atom. The predicted molar refractivity (Wildman–Crippen MR) is 62.5 cm³/mol. The molecule has 0 aliphatic heterocycles. The van der Waals surface area contributed by atoms with E-state index < -0.39 is 0 Å². The van der Waals surface area contributed by atoms with Crippen molar-refractivity contribution in [3.05, 3.63) is 35.5 Å². The molecule has 1 nitrogen and oxygen atoms in total. The van der Waals surface area contributed by atoms with Crippen molar-refractivity contribution in [1.82, 2.24) is 4.98 Å². The summed E-state index contributed by atoms with van der Waals surface area (Å²) < 4.78 is 0.924. The summed E-state index contributed by atoms with van der Waals surface area (Å²) in [5, 5.41) is 1.47. The maximum atomic E-state index is 3.62. The molecular weight excluding hydrogens is 273 g/mol. The second-order valence-corrected chi connectivity index (χ2v) is 8.33. The summed E-state index contributed by atoms with van der Waals surface area (Å²) in [6.45, 7) is 0. The molecule has 0 amide bonds. The van der Waals surface area contributed by atoms with Gasteiger partial charge in [-0.2, -0.15) is 0 Å². The van der Waals surface area contributed by atoms with Crippen molar-refractivity contribution >= 4 is 35.3 Å². The Balaban J connectivity index is 2.32. The maximum absolute atomic E-state index is 3.62. The van der Waals surface area contributed by atoms with E-state index >= 15 is 0 Å². The van der Waals surface area contributed by atoms with Crippen LogP contribution in [0.1, 0.15) is 27.8 Å². The van der Waals surface area contributed by atoms with Gasteiger partial charge in [-0.3, -0.25) is 0 Å². The van der Waals surface area contributed by atoms with Gasteiger partial charge in [-0.05, 0) is 0 Å². The molecule has 0 saturated carbocycles. The Hall–Kier alpha value is -0.370. The van der Waals surface area contributed by atoms with Gasteiger partial charge in [0.25, 0.3) is 0 Å². The van der Waals surface area contributed by atoms with E-state index in [1.165, 1.54) is 30.2 Å². The number of rotatable bonds is 0. The molecule has 1 aromatic heterocycles. The number of para-hydroxylation sites is 1. The molecule has 0 spiro atoms. The van der Waals surface area contributed by atoms with Crippen molar-refractivity contribution in [3.63, 3.8) is 0 Å². The first kappa shape index (κ1) is 8.90. The first-order valence-electron chi connectivity index (χ1n) is 5.46. The molecular formula is C12H14InN. The summed E-state index contributed by atoms with van der Waals surface area (Å²) in [7, 11) is 0. The van der Waals surface area contributed by atoms with Gasteiger partial charge < -0.3 is 0 Å². The fraction of sp³-hybridized carbons (Fsp3) is 0.333. The molecule has 1 heterocycles. The van der Waals surface area contributed by atoms with E-state index in [4.69, 9.17) is 0 Å².